The molecule has 1 rings (SSSR count). The van der Waals surface area contributed by atoms with Crippen LogP contribution in [0.2, 0.25) is 18.6 Å². The van der Waals surface area contributed by atoms with Crippen molar-refractivity contribution < 1.29 is 9.22 Å². The molecule has 0 aromatic carbocycles. The van der Waals surface area contributed by atoms with Crippen LogP contribution in [0.5, 0.6) is 0 Å². The number of ketones is 1. The standard InChI is InChI=1S/C10H20O2Si/c1-9(11)8-13(4)7-5-6-10(2,3)12-13/h5-8H2,1-4H3. The van der Waals surface area contributed by atoms with Crippen LogP contribution in [0.3, 0.4) is 0 Å². The number of rotatable bonds is 2. The average Bonchev–Trinajstić information content (AvgIpc) is 1.79. The fourth-order valence-electron chi connectivity index (χ4n) is 2.31. The predicted molar refractivity (Wildman–Crippen MR) is 56.3 cm³/mol. The second-order valence-electron chi connectivity index (χ2n) is 5.04. The van der Waals surface area contributed by atoms with Crippen molar-refractivity contribution in [1.82, 2.24) is 0 Å². The molecule has 1 aliphatic heterocycles. The zero-order valence-corrected chi connectivity index (χ0v) is 10.1. The maximum absolute atomic E-state index is 11.1. The van der Waals surface area contributed by atoms with Crippen LogP contribution in [0, 0.1) is 0 Å². The third kappa shape index (κ3) is 3.23. The molecule has 76 valence electrons. The van der Waals surface area contributed by atoms with Gasteiger partial charge in [0.2, 0.25) is 0 Å². The molecular weight excluding hydrogens is 180 g/mol. The molecular formula is C10H20O2Si. The van der Waals surface area contributed by atoms with Gasteiger partial charge in [0.25, 0.3) is 0 Å². The van der Waals surface area contributed by atoms with Crippen molar-refractivity contribution in [3.8, 4) is 0 Å². The smallest absolute Gasteiger partial charge is 0.197 e. The van der Waals surface area contributed by atoms with Crippen molar-refractivity contribution in [1.29, 1.82) is 0 Å². The second-order valence-corrected chi connectivity index (χ2v) is 9.00. The molecule has 0 bridgehead atoms. The van der Waals surface area contributed by atoms with Crippen molar-refractivity contribution in [2.45, 2.75) is 57.8 Å². The zero-order chi connectivity index (χ0) is 10.1. The Hall–Kier alpha value is -0.153. The van der Waals surface area contributed by atoms with Crippen LogP contribution in [-0.4, -0.2) is 19.7 Å². The van der Waals surface area contributed by atoms with Gasteiger partial charge in [-0.3, -0.25) is 0 Å². The molecule has 0 N–H and O–H groups in total. The molecule has 1 saturated heterocycles. The summed E-state index contributed by atoms with van der Waals surface area (Å²) in [4.78, 5) is 11.1. The maximum Gasteiger partial charge on any atom is 0.197 e. The van der Waals surface area contributed by atoms with Crippen molar-refractivity contribution in [2.24, 2.45) is 0 Å². The third-order valence-electron chi connectivity index (χ3n) is 2.63. The Morgan fingerprint density at radius 1 is 1.54 bits per heavy atom. The monoisotopic (exact) mass is 200 g/mol. The van der Waals surface area contributed by atoms with E-state index in [1.54, 1.807) is 6.92 Å². The van der Waals surface area contributed by atoms with E-state index in [0.29, 0.717) is 6.04 Å². The zero-order valence-electron chi connectivity index (χ0n) is 9.14. The van der Waals surface area contributed by atoms with E-state index in [2.05, 4.69) is 20.4 Å². The minimum atomic E-state index is -1.68. The van der Waals surface area contributed by atoms with Crippen LogP contribution in [-0.2, 0) is 9.22 Å². The van der Waals surface area contributed by atoms with E-state index >= 15 is 0 Å². The van der Waals surface area contributed by atoms with E-state index < -0.39 is 8.32 Å². The Morgan fingerprint density at radius 2 is 2.15 bits per heavy atom. The SMILES string of the molecule is CC(=O)C[Si]1(C)CCCC(C)(C)O1. The first-order valence-electron chi connectivity index (χ1n) is 5.03. The van der Waals surface area contributed by atoms with Gasteiger partial charge in [0.1, 0.15) is 5.78 Å². The first-order valence-corrected chi connectivity index (χ1v) is 7.85. The van der Waals surface area contributed by atoms with Gasteiger partial charge in [0, 0.05) is 6.04 Å². The van der Waals surface area contributed by atoms with Gasteiger partial charge >= 0.3 is 0 Å². The molecule has 0 saturated carbocycles. The number of hydrogen-bond acceptors (Lipinski definition) is 2. The van der Waals surface area contributed by atoms with Gasteiger partial charge in [-0.25, -0.2) is 0 Å². The van der Waals surface area contributed by atoms with E-state index in [-0.39, 0.29) is 11.4 Å². The van der Waals surface area contributed by atoms with Crippen LogP contribution in [0.25, 0.3) is 0 Å². The Bertz CT molecular complexity index is 213. The highest BCUT2D eigenvalue weighted by Gasteiger charge is 2.40. The molecule has 1 heterocycles. The lowest BCUT2D eigenvalue weighted by Gasteiger charge is -2.41. The number of carbonyl (C=O) groups is 1. The highest BCUT2D eigenvalue weighted by molar-refractivity contribution is 6.75. The third-order valence-corrected chi connectivity index (χ3v) is 6.33. The summed E-state index contributed by atoms with van der Waals surface area (Å²) in [7, 11) is -1.68. The molecule has 13 heavy (non-hydrogen) atoms. The van der Waals surface area contributed by atoms with E-state index in [9.17, 15) is 4.79 Å². The van der Waals surface area contributed by atoms with Crippen molar-refractivity contribution in [3.05, 3.63) is 0 Å². The van der Waals surface area contributed by atoms with Gasteiger partial charge in [-0.15, -0.1) is 0 Å². The lowest BCUT2D eigenvalue weighted by atomic mass is 10.0. The normalized spacial score (nSPS) is 32.9. The van der Waals surface area contributed by atoms with Gasteiger partial charge < -0.3 is 9.22 Å². The lowest BCUT2D eigenvalue weighted by molar-refractivity contribution is -0.115. The van der Waals surface area contributed by atoms with Crippen molar-refractivity contribution >= 4 is 14.1 Å². The fraction of sp³-hybridized carbons (Fsp3) is 0.900. The first kappa shape index (κ1) is 10.9. The number of hydrogen-bond donors (Lipinski definition) is 0. The highest BCUT2D eigenvalue weighted by atomic mass is 28.4. The Balaban J connectivity index is 2.63. The lowest BCUT2D eigenvalue weighted by Crippen LogP contribution is -2.48. The molecule has 3 heteroatoms. The van der Waals surface area contributed by atoms with Crippen LogP contribution in [0.15, 0.2) is 0 Å². The summed E-state index contributed by atoms with van der Waals surface area (Å²) in [5.74, 6) is 0.284. The molecule has 1 atom stereocenters. The van der Waals surface area contributed by atoms with Gasteiger partial charge in [-0.1, -0.05) is 6.42 Å². The number of carbonyl (C=O) groups excluding carboxylic acids is 1. The van der Waals surface area contributed by atoms with E-state index in [1.165, 1.54) is 6.42 Å². The van der Waals surface area contributed by atoms with Gasteiger partial charge in [0.05, 0.1) is 5.60 Å². The van der Waals surface area contributed by atoms with Crippen molar-refractivity contribution in [3.63, 3.8) is 0 Å². The molecule has 0 spiro atoms. The van der Waals surface area contributed by atoms with E-state index in [1.807, 2.05) is 0 Å². The summed E-state index contributed by atoms with van der Waals surface area (Å²) >= 11 is 0. The fourth-order valence-corrected chi connectivity index (χ4v) is 6.07. The largest absolute Gasteiger partial charge is 0.412 e. The van der Waals surface area contributed by atoms with Crippen LogP contribution < -0.4 is 0 Å². The molecule has 1 unspecified atom stereocenters. The highest BCUT2D eigenvalue weighted by Crippen LogP contribution is 2.35. The Labute approximate surface area is 81.8 Å². The molecule has 0 aromatic rings. The molecule has 0 radical (unpaired) electrons. The minimum absolute atomic E-state index is 0.00860. The summed E-state index contributed by atoms with van der Waals surface area (Å²) in [6, 6.07) is 1.84. The quantitative estimate of drug-likeness (QED) is 0.641. The first-order chi connectivity index (χ1) is 5.83. The molecule has 0 aromatic heterocycles. The van der Waals surface area contributed by atoms with Crippen LogP contribution in [0.4, 0.5) is 0 Å². The summed E-state index contributed by atoms with van der Waals surface area (Å²) in [6.45, 7) is 8.13. The molecule has 2 nitrogen and oxygen atoms in total. The van der Waals surface area contributed by atoms with E-state index in [4.69, 9.17) is 4.43 Å². The van der Waals surface area contributed by atoms with Gasteiger partial charge in [-0.05, 0) is 39.8 Å². The summed E-state index contributed by atoms with van der Waals surface area (Å²) in [5.41, 5.74) is 0.00860. The molecule has 0 aliphatic carbocycles. The van der Waals surface area contributed by atoms with Crippen LogP contribution in [0.1, 0.15) is 33.6 Å². The average molecular weight is 200 g/mol. The van der Waals surface area contributed by atoms with Crippen LogP contribution >= 0.6 is 0 Å². The summed E-state index contributed by atoms with van der Waals surface area (Å²) < 4.78 is 6.09. The second kappa shape index (κ2) is 3.54. The summed E-state index contributed by atoms with van der Waals surface area (Å²) in [6.07, 6.45) is 2.36. The van der Waals surface area contributed by atoms with Gasteiger partial charge in [0.15, 0.2) is 8.32 Å². The Morgan fingerprint density at radius 3 is 2.62 bits per heavy atom. The Kier molecular flexibility index (Phi) is 2.97. The van der Waals surface area contributed by atoms with Crippen molar-refractivity contribution in [2.75, 3.05) is 0 Å². The molecule has 0 amide bonds. The topological polar surface area (TPSA) is 26.3 Å². The minimum Gasteiger partial charge on any atom is -0.412 e. The molecule has 1 fully saturated rings. The molecule has 1 aliphatic rings. The van der Waals surface area contributed by atoms with E-state index in [0.717, 1.165) is 12.5 Å². The maximum atomic E-state index is 11.1. The predicted octanol–water partition coefficient (Wildman–Crippen LogP) is 2.74. The van der Waals surface area contributed by atoms with Gasteiger partial charge in [-0.2, -0.15) is 0 Å². The summed E-state index contributed by atoms with van der Waals surface area (Å²) in [5, 5.41) is 0. The number of Topliss-reactive ketones (excluding diaryl/α,β-unsaturated/α-hetero) is 1.